The van der Waals surface area contributed by atoms with Crippen molar-refractivity contribution in [2.24, 2.45) is 0 Å². The zero-order valence-corrected chi connectivity index (χ0v) is 25.0. The second kappa shape index (κ2) is 37.4. The van der Waals surface area contributed by atoms with E-state index in [2.05, 4.69) is 272 Å². The molecule has 0 aliphatic carbocycles. The van der Waals surface area contributed by atoms with E-state index in [1.165, 1.54) is 0 Å². The van der Waals surface area contributed by atoms with Gasteiger partial charge in [0, 0.05) is 160 Å². The average molecular weight is 592 g/mol. The molecule has 49 heavy (non-hydrogen) atoms. The molecule has 0 saturated carbocycles. The zero-order valence-electron chi connectivity index (χ0n) is 25.0. The molecule has 0 aromatic carbocycles. The molecule has 0 unspecified atom stereocenters. The Balaban J connectivity index is 4.56. The van der Waals surface area contributed by atoms with Crippen molar-refractivity contribution < 1.29 is 0 Å². The van der Waals surface area contributed by atoms with Gasteiger partial charge in [-0.3, -0.25) is 5.92 Å². The van der Waals surface area contributed by atoms with Crippen LogP contribution in [0.3, 0.4) is 0 Å². The second-order valence-electron chi connectivity index (χ2n) is 6.00. The van der Waals surface area contributed by atoms with Crippen molar-refractivity contribution in [3.8, 4) is 278 Å². The van der Waals surface area contributed by atoms with Crippen LogP contribution in [0.2, 0.25) is 0 Å². The molecule has 0 radical (unpaired) electrons. The van der Waals surface area contributed by atoms with E-state index < -0.39 is 0 Å². The Morgan fingerprint density at radius 3 is 0.367 bits per heavy atom. The molecule has 0 aromatic heterocycles. The van der Waals surface area contributed by atoms with E-state index in [0.717, 1.165) is 0 Å². The van der Waals surface area contributed by atoms with Crippen LogP contribution >= 0.6 is 0 Å². The Labute approximate surface area is 290 Å². The van der Waals surface area contributed by atoms with Gasteiger partial charge in [0.2, 0.25) is 0 Å². The van der Waals surface area contributed by atoms with Crippen molar-refractivity contribution in [3.63, 3.8) is 0 Å². The maximum atomic E-state index is 6.56. The molecule has 0 saturated heterocycles. The summed E-state index contributed by atoms with van der Waals surface area (Å²) in [5.74, 6) is 116. The maximum Gasteiger partial charge on any atom is 0 e. The minimum absolute atomic E-state index is 1.69. The summed E-state index contributed by atoms with van der Waals surface area (Å²) in [4.78, 5) is 0. The fourth-order valence-electron chi connectivity index (χ4n) is 1.44. The monoisotopic (exact) mass is 591 g/mol. The summed E-state index contributed by atoms with van der Waals surface area (Å²) in [6.07, 6.45) is 6.56. The fourth-order valence-corrected chi connectivity index (χ4v) is 1.44. The second-order valence-corrected chi connectivity index (χ2v) is 6.00. The molecule has 0 aliphatic heterocycles. The molecular formula is C49H3-. The Kier molecular flexibility index (Phi) is 29.4. The summed E-state index contributed by atoms with van der Waals surface area (Å²) in [5, 5.41) is 0. The van der Waals surface area contributed by atoms with Gasteiger partial charge in [-0.05, 0) is 102 Å². The summed E-state index contributed by atoms with van der Waals surface area (Å²) in [6, 6.07) is 0. The van der Waals surface area contributed by atoms with Crippen molar-refractivity contribution in [1.82, 2.24) is 0 Å². The van der Waals surface area contributed by atoms with Crippen molar-refractivity contribution in [2.75, 3.05) is 0 Å². The molecule has 200 valence electrons. The minimum atomic E-state index is 1.69. The lowest BCUT2D eigenvalue weighted by Crippen LogP contribution is -1.57. The minimum Gasteiger partial charge on any atom is -0.358 e. The van der Waals surface area contributed by atoms with Gasteiger partial charge in [-0.15, -0.1) is 5.92 Å². The molecule has 0 atom stereocenters. The lowest BCUT2D eigenvalue weighted by atomic mass is 10.4. The number of hydrogen-bond acceptors (Lipinski definition) is 0. The van der Waals surface area contributed by atoms with Crippen LogP contribution in [-0.2, 0) is 0 Å². The molecule has 0 heterocycles. The van der Waals surface area contributed by atoms with Crippen LogP contribution in [0, 0.1) is 285 Å². The van der Waals surface area contributed by atoms with Crippen molar-refractivity contribution in [1.29, 1.82) is 0 Å². The Hall–Kier alpha value is -10.6. The van der Waals surface area contributed by atoms with Crippen LogP contribution in [0.1, 0.15) is 6.92 Å². The Bertz CT molecular complexity index is 2960. The van der Waals surface area contributed by atoms with Crippen LogP contribution in [-0.4, -0.2) is 0 Å². The Morgan fingerprint density at radius 1 is 0.163 bits per heavy atom. The third-order valence-corrected chi connectivity index (χ3v) is 2.94. The van der Waals surface area contributed by atoms with Gasteiger partial charge in [-0.25, -0.2) is 5.92 Å². The lowest BCUT2D eigenvalue weighted by Gasteiger charge is -1.63. The van der Waals surface area contributed by atoms with Gasteiger partial charge in [0.15, 0.2) is 0 Å². The van der Waals surface area contributed by atoms with E-state index in [1.807, 2.05) is 5.92 Å². The fraction of sp³-hybridized carbons (Fsp3) is 0.0204. The lowest BCUT2D eigenvalue weighted by molar-refractivity contribution is 1.92. The standard InChI is InChI=1S/C49H3/c1-3-5-7-9-11-13-15-17-19-21-23-25-27-29-31-33-35-37-39-41-43-45-47-49-48-46-44-42-40-38-36-34-32-30-28-26-24-22-20-18-16-14-12-10-8-6-4-2/h1H3/q-1. The Morgan fingerprint density at radius 2 is 0.265 bits per heavy atom. The largest absolute Gasteiger partial charge is 0.358 e. The van der Waals surface area contributed by atoms with Crippen LogP contribution < -0.4 is 0 Å². The average Bonchev–Trinajstić information content (AvgIpc) is 3.11. The van der Waals surface area contributed by atoms with E-state index in [1.54, 1.807) is 6.92 Å². The predicted molar refractivity (Wildman–Crippen MR) is 192 cm³/mol. The van der Waals surface area contributed by atoms with Crippen molar-refractivity contribution >= 4 is 0 Å². The highest BCUT2D eigenvalue weighted by molar-refractivity contribution is 5.50. The zero-order chi connectivity index (χ0) is 35.2. The van der Waals surface area contributed by atoms with Gasteiger partial charge < -0.3 is 6.42 Å². The highest BCUT2D eigenvalue weighted by atomic mass is 13.6. The normalized spacial score (nSPS) is 3.92. The van der Waals surface area contributed by atoms with Crippen LogP contribution in [0.25, 0.3) is 0 Å². The van der Waals surface area contributed by atoms with Gasteiger partial charge in [0.05, 0.1) is 0 Å². The van der Waals surface area contributed by atoms with E-state index in [4.69, 9.17) is 6.42 Å². The van der Waals surface area contributed by atoms with Gasteiger partial charge >= 0.3 is 0 Å². The van der Waals surface area contributed by atoms with Gasteiger partial charge in [-0.1, -0.05) is 5.92 Å². The van der Waals surface area contributed by atoms with E-state index >= 15 is 0 Å². The van der Waals surface area contributed by atoms with Crippen LogP contribution in [0.4, 0.5) is 0 Å². The molecule has 0 heteroatoms. The molecule has 0 rings (SSSR count). The van der Waals surface area contributed by atoms with Crippen LogP contribution in [0.5, 0.6) is 0 Å². The summed E-state index contributed by atoms with van der Waals surface area (Å²) >= 11 is 0. The van der Waals surface area contributed by atoms with Gasteiger partial charge in [-0.2, -0.15) is 0 Å². The predicted octanol–water partition coefficient (Wildman–Crippen LogP) is 0.674. The number of rotatable bonds is 0. The first kappa shape index (κ1) is 38.4. The molecule has 0 fully saturated rings. The maximum absolute atomic E-state index is 6.56. The first-order valence-corrected chi connectivity index (χ1v) is 12.2. The third kappa shape index (κ3) is 37.4. The topological polar surface area (TPSA) is 0 Å². The highest BCUT2D eigenvalue weighted by Crippen LogP contribution is 1.62. The molecule has 0 aromatic rings. The molecule has 0 spiro atoms. The molecule has 0 amide bonds. The summed E-state index contributed by atoms with van der Waals surface area (Å²) in [6.45, 7) is 1.69. The third-order valence-electron chi connectivity index (χ3n) is 2.94. The first-order chi connectivity index (χ1) is 24.4. The quantitative estimate of drug-likeness (QED) is 0.287. The van der Waals surface area contributed by atoms with E-state index in [9.17, 15) is 0 Å². The summed E-state index contributed by atoms with van der Waals surface area (Å²) in [7, 11) is 0. The molecule has 0 nitrogen and oxygen atoms in total. The molecule has 0 N–H and O–H groups in total. The summed E-state index contributed by atoms with van der Waals surface area (Å²) in [5.41, 5.74) is 0. The van der Waals surface area contributed by atoms with Crippen LogP contribution in [0.15, 0.2) is 0 Å². The molecule has 0 bridgehead atoms. The van der Waals surface area contributed by atoms with Gasteiger partial charge in [0.1, 0.15) is 0 Å². The van der Waals surface area contributed by atoms with Crippen molar-refractivity contribution in [2.45, 2.75) is 6.92 Å². The van der Waals surface area contributed by atoms with Crippen molar-refractivity contribution in [3.05, 3.63) is 6.42 Å². The molecular weight excluding hydrogens is 589 g/mol. The SMILES string of the molecule is [C-]#CC#CC#CC#CC#CC#CC#CC#CC#CC#CC#CC#CC#CC#CC#CC#CC#CC#CC#CC#CC#CC#CC#CC#CC. The van der Waals surface area contributed by atoms with E-state index in [-0.39, 0.29) is 0 Å². The van der Waals surface area contributed by atoms with Gasteiger partial charge in [0.25, 0.3) is 0 Å². The smallest absolute Gasteiger partial charge is 0 e. The molecule has 0 aliphatic rings. The number of hydrogen-bond donors (Lipinski definition) is 0. The highest BCUT2D eigenvalue weighted by Gasteiger charge is 1.61. The first-order valence-electron chi connectivity index (χ1n) is 12.2. The summed E-state index contributed by atoms with van der Waals surface area (Å²) < 4.78 is 0. The van der Waals surface area contributed by atoms with E-state index in [0.29, 0.717) is 0 Å².